The van der Waals surface area contributed by atoms with E-state index in [4.69, 9.17) is 0 Å². The summed E-state index contributed by atoms with van der Waals surface area (Å²) in [7, 11) is 0. The van der Waals surface area contributed by atoms with E-state index < -0.39 is 0 Å². The van der Waals surface area contributed by atoms with E-state index in [1.807, 2.05) is 0 Å². The molecule has 1 aliphatic carbocycles. The molecule has 2 fully saturated rings. The van der Waals surface area contributed by atoms with Gasteiger partial charge in [0, 0.05) is 36.5 Å². The molecule has 0 aromatic carbocycles. The zero-order valence-electron chi connectivity index (χ0n) is 11.7. The lowest BCUT2D eigenvalue weighted by atomic mass is 9.89. The molecule has 2 aliphatic rings. The Bertz CT molecular complexity index is 238. The van der Waals surface area contributed by atoms with Crippen LogP contribution in [0.15, 0.2) is 0 Å². The molecule has 1 saturated carbocycles. The van der Waals surface area contributed by atoms with Gasteiger partial charge in [0.1, 0.15) is 0 Å². The first kappa shape index (κ1) is 13.7. The van der Waals surface area contributed by atoms with E-state index in [1.54, 1.807) is 0 Å². The van der Waals surface area contributed by atoms with Crippen molar-refractivity contribution in [3.63, 3.8) is 0 Å². The molecule has 0 spiro atoms. The normalized spacial score (nSPS) is 40.4. The van der Waals surface area contributed by atoms with Crippen LogP contribution in [-0.2, 0) is 0 Å². The van der Waals surface area contributed by atoms with Crippen LogP contribution in [0.5, 0.6) is 0 Å². The van der Waals surface area contributed by atoms with Gasteiger partial charge in [-0.25, -0.2) is 0 Å². The molecular formula is C14H28N2S. The molecule has 3 heteroatoms. The van der Waals surface area contributed by atoms with Crippen molar-refractivity contribution in [3.05, 3.63) is 0 Å². The van der Waals surface area contributed by atoms with Crippen LogP contribution in [0.1, 0.15) is 46.0 Å². The molecule has 0 radical (unpaired) electrons. The van der Waals surface area contributed by atoms with E-state index >= 15 is 0 Å². The average Bonchev–Trinajstić information content (AvgIpc) is 2.39. The number of nitrogens with one attached hydrogen (secondary N) is 1. The molecule has 17 heavy (non-hydrogen) atoms. The van der Waals surface area contributed by atoms with E-state index in [0.717, 1.165) is 11.3 Å². The van der Waals surface area contributed by atoms with E-state index in [-0.39, 0.29) is 0 Å². The smallest absolute Gasteiger partial charge is 0.0278 e. The minimum absolute atomic E-state index is 0.356. The molecular weight excluding hydrogens is 228 g/mol. The highest BCUT2D eigenvalue weighted by Crippen LogP contribution is 2.31. The van der Waals surface area contributed by atoms with Gasteiger partial charge in [-0.15, -0.1) is 0 Å². The summed E-state index contributed by atoms with van der Waals surface area (Å²) < 4.78 is 0. The molecule has 1 unspecified atom stereocenters. The zero-order chi connectivity index (χ0) is 12.3. The quantitative estimate of drug-likeness (QED) is 0.836. The molecule has 2 nitrogen and oxygen atoms in total. The number of hydrogen-bond acceptors (Lipinski definition) is 3. The third-order valence-corrected chi connectivity index (χ3v) is 5.91. The molecule has 0 amide bonds. The first-order chi connectivity index (χ1) is 8.17. The van der Waals surface area contributed by atoms with Gasteiger partial charge in [-0.3, -0.25) is 4.90 Å². The monoisotopic (exact) mass is 256 g/mol. The zero-order valence-corrected chi connectivity index (χ0v) is 12.5. The Kier molecular flexibility index (Phi) is 4.79. The maximum Gasteiger partial charge on any atom is 0.0278 e. The minimum Gasteiger partial charge on any atom is -0.309 e. The fourth-order valence-corrected chi connectivity index (χ4v) is 4.02. The molecule has 1 N–H and O–H groups in total. The van der Waals surface area contributed by atoms with Crippen molar-refractivity contribution in [2.75, 3.05) is 25.9 Å². The summed E-state index contributed by atoms with van der Waals surface area (Å²) in [6, 6.07) is 0.867. The van der Waals surface area contributed by atoms with Gasteiger partial charge in [0.2, 0.25) is 0 Å². The van der Waals surface area contributed by atoms with E-state index in [0.29, 0.717) is 5.54 Å². The maximum atomic E-state index is 3.69. The fraction of sp³-hybridized carbons (Fsp3) is 1.00. The first-order valence-electron chi connectivity index (χ1n) is 7.19. The van der Waals surface area contributed by atoms with Crippen LogP contribution in [0.2, 0.25) is 0 Å². The Morgan fingerprint density at radius 1 is 1.29 bits per heavy atom. The van der Waals surface area contributed by atoms with Crippen LogP contribution in [0.3, 0.4) is 0 Å². The Morgan fingerprint density at radius 2 is 2.00 bits per heavy atom. The molecule has 0 aromatic rings. The van der Waals surface area contributed by atoms with E-state index in [1.165, 1.54) is 51.7 Å². The lowest BCUT2D eigenvalue weighted by Crippen LogP contribution is -2.60. The third-order valence-electron chi connectivity index (χ3n) is 4.78. The number of thioether (sulfide) groups is 1. The van der Waals surface area contributed by atoms with Gasteiger partial charge in [-0.05, 0) is 45.3 Å². The third kappa shape index (κ3) is 3.39. The SMILES string of the molecule is CCC1(C)CN(C2CCC(SC)CC2)CCN1. The second-order valence-electron chi connectivity index (χ2n) is 5.98. The molecule has 2 rings (SSSR count). The summed E-state index contributed by atoms with van der Waals surface area (Å²) in [4.78, 5) is 2.76. The summed E-state index contributed by atoms with van der Waals surface area (Å²) in [6.07, 6.45) is 9.21. The van der Waals surface area contributed by atoms with Crippen LogP contribution in [0, 0.1) is 0 Å². The van der Waals surface area contributed by atoms with Gasteiger partial charge in [0.25, 0.3) is 0 Å². The lowest BCUT2D eigenvalue weighted by molar-refractivity contribution is 0.0797. The van der Waals surface area contributed by atoms with Crippen molar-refractivity contribution in [2.24, 2.45) is 0 Å². The van der Waals surface area contributed by atoms with E-state index in [9.17, 15) is 0 Å². The maximum absolute atomic E-state index is 3.69. The molecule has 1 saturated heterocycles. The topological polar surface area (TPSA) is 15.3 Å². The van der Waals surface area contributed by atoms with Crippen molar-refractivity contribution in [3.8, 4) is 0 Å². The second kappa shape index (κ2) is 5.94. The molecule has 0 aromatic heterocycles. The molecule has 1 heterocycles. The van der Waals surface area contributed by atoms with Crippen molar-refractivity contribution in [1.82, 2.24) is 10.2 Å². The Morgan fingerprint density at radius 3 is 2.59 bits per heavy atom. The van der Waals surface area contributed by atoms with Crippen LogP contribution in [0.4, 0.5) is 0 Å². The molecule has 1 aliphatic heterocycles. The molecule has 1 atom stereocenters. The van der Waals surface area contributed by atoms with Gasteiger partial charge in [-0.1, -0.05) is 6.92 Å². The van der Waals surface area contributed by atoms with Gasteiger partial charge in [0.15, 0.2) is 0 Å². The lowest BCUT2D eigenvalue weighted by Gasteiger charge is -2.46. The van der Waals surface area contributed by atoms with E-state index in [2.05, 4.69) is 42.1 Å². The minimum atomic E-state index is 0.356. The van der Waals surface area contributed by atoms with Crippen molar-refractivity contribution in [1.29, 1.82) is 0 Å². The number of hydrogen-bond donors (Lipinski definition) is 1. The van der Waals surface area contributed by atoms with Gasteiger partial charge in [0.05, 0.1) is 0 Å². The van der Waals surface area contributed by atoms with Crippen LogP contribution in [0.25, 0.3) is 0 Å². The van der Waals surface area contributed by atoms with Crippen molar-refractivity contribution >= 4 is 11.8 Å². The standard InChI is InChI=1S/C14H28N2S/c1-4-14(2)11-16(10-9-15-14)12-5-7-13(17-3)8-6-12/h12-13,15H,4-11H2,1-3H3. The average molecular weight is 256 g/mol. The van der Waals surface area contributed by atoms with Gasteiger partial charge in [-0.2, -0.15) is 11.8 Å². The summed E-state index contributed by atoms with van der Waals surface area (Å²) in [6.45, 7) is 8.36. The summed E-state index contributed by atoms with van der Waals surface area (Å²) >= 11 is 2.07. The Labute approximate surface area is 111 Å². The highest BCUT2D eigenvalue weighted by molar-refractivity contribution is 7.99. The summed E-state index contributed by atoms with van der Waals surface area (Å²) in [5, 5.41) is 4.63. The van der Waals surface area contributed by atoms with Gasteiger partial charge < -0.3 is 5.32 Å². The first-order valence-corrected chi connectivity index (χ1v) is 8.47. The highest BCUT2D eigenvalue weighted by atomic mass is 32.2. The number of rotatable bonds is 3. The predicted octanol–water partition coefficient (Wildman–Crippen LogP) is 2.73. The Balaban J connectivity index is 1.86. The largest absolute Gasteiger partial charge is 0.309 e. The van der Waals surface area contributed by atoms with Crippen LogP contribution >= 0.6 is 11.8 Å². The summed E-state index contributed by atoms with van der Waals surface area (Å²) in [5.74, 6) is 0. The number of piperazine rings is 1. The van der Waals surface area contributed by atoms with Gasteiger partial charge >= 0.3 is 0 Å². The van der Waals surface area contributed by atoms with Crippen LogP contribution < -0.4 is 5.32 Å². The number of nitrogens with zero attached hydrogens (tertiary/aromatic N) is 1. The molecule has 100 valence electrons. The van der Waals surface area contributed by atoms with Crippen molar-refractivity contribution in [2.45, 2.75) is 62.8 Å². The summed E-state index contributed by atoms with van der Waals surface area (Å²) in [5.41, 5.74) is 0.356. The Hall–Kier alpha value is 0.270. The predicted molar refractivity (Wildman–Crippen MR) is 77.8 cm³/mol. The molecule has 0 bridgehead atoms. The fourth-order valence-electron chi connectivity index (χ4n) is 3.28. The second-order valence-corrected chi connectivity index (χ2v) is 7.12. The van der Waals surface area contributed by atoms with Crippen molar-refractivity contribution < 1.29 is 0 Å². The van der Waals surface area contributed by atoms with Crippen LogP contribution in [-0.4, -0.2) is 47.6 Å². The highest BCUT2D eigenvalue weighted by Gasteiger charge is 2.33.